The lowest BCUT2D eigenvalue weighted by atomic mass is 10.2. The van der Waals surface area contributed by atoms with E-state index in [0.29, 0.717) is 16.6 Å². The van der Waals surface area contributed by atoms with Crippen LogP contribution >= 0.6 is 63.7 Å². The van der Waals surface area contributed by atoms with Crippen molar-refractivity contribution >= 4 is 69.7 Å². The zero-order valence-corrected chi connectivity index (χ0v) is 14.0. The molecule has 0 aromatic heterocycles. The largest absolute Gasteiger partial charge is 0.462 e. The van der Waals surface area contributed by atoms with E-state index in [4.69, 9.17) is 4.74 Å². The number of benzene rings is 1. The Morgan fingerprint density at radius 3 is 2.33 bits per heavy atom. The third kappa shape index (κ3) is 3.05. The van der Waals surface area contributed by atoms with E-state index in [-0.39, 0.29) is 5.97 Å². The van der Waals surface area contributed by atoms with Crippen molar-refractivity contribution in [1.82, 2.24) is 0 Å². The molecular weight excluding hydrogens is 460 g/mol. The molecule has 1 aromatic carbocycles. The number of esters is 1. The van der Waals surface area contributed by atoms with E-state index in [9.17, 15) is 4.79 Å². The summed E-state index contributed by atoms with van der Waals surface area (Å²) in [5, 5.41) is 0. The van der Waals surface area contributed by atoms with Crippen molar-refractivity contribution in [1.29, 1.82) is 0 Å². The van der Waals surface area contributed by atoms with E-state index in [0.717, 1.165) is 13.4 Å². The molecule has 1 rings (SSSR count). The highest BCUT2D eigenvalue weighted by atomic mass is 79.9. The summed E-state index contributed by atoms with van der Waals surface area (Å²) in [7, 11) is 0. The minimum Gasteiger partial charge on any atom is -0.462 e. The summed E-state index contributed by atoms with van der Waals surface area (Å²) in [4.78, 5) is 11.6. The summed E-state index contributed by atoms with van der Waals surface area (Å²) in [5.41, 5.74) is 0.485. The highest BCUT2D eigenvalue weighted by molar-refractivity contribution is 9.15. The standard InChI is InChI=1S/C9H6Br4O2/c1-2-15-9(14)4-3-5(10)7(12)8(13)6(4)11/h3H,2H2,1H3. The lowest BCUT2D eigenvalue weighted by Crippen LogP contribution is -2.06. The summed E-state index contributed by atoms with van der Waals surface area (Å²) >= 11 is 13.4. The van der Waals surface area contributed by atoms with E-state index in [1.54, 1.807) is 13.0 Å². The van der Waals surface area contributed by atoms with Crippen molar-refractivity contribution < 1.29 is 9.53 Å². The molecule has 0 amide bonds. The first-order chi connectivity index (χ1) is 6.99. The van der Waals surface area contributed by atoms with E-state index in [2.05, 4.69) is 63.7 Å². The molecule has 82 valence electrons. The number of hydrogen-bond donors (Lipinski definition) is 0. The normalized spacial score (nSPS) is 10.2. The number of halogens is 4. The molecule has 0 aliphatic rings. The molecule has 0 radical (unpaired) electrons. The third-order valence-corrected chi connectivity index (χ3v) is 6.26. The summed E-state index contributed by atoms with van der Waals surface area (Å²) in [6.07, 6.45) is 0. The maximum Gasteiger partial charge on any atom is 0.339 e. The number of hydrogen-bond acceptors (Lipinski definition) is 2. The van der Waals surface area contributed by atoms with Gasteiger partial charge in [0.1, 0.15) is 0 Å². The van der Waals surface area contributed by atoms with Gasteiger partial charge in [-0.15, -0.1) is 0 Å². The number of ether oxygens (including phenoxy) is 1. The Bertz CT molecular complexity index is 404. The minimum atomic E-state index is -0.349. The molecule has 0 saturated heterocycles. The molecule has 0 spiro atoms. The monoisotopic (exact) mass is 462 g/mol. The van der Waals surface area contributed by atoms with Crippen LogP contribution in [0.2, 0.25) is 0 Å². The molecule has 0 N–H and O–H groups in total. The van der Waals surface area contributed by atoms with Gasteiger partial charge in [0.15, 0.2) is 0 Å². The molecule has 15 heavy (non-hydrogen) atoms. The fraction of sp³-hybridized carbons (Fsp3) is 0.222. The van der Waals surface area contributed by atoms with Crippen LogP contribution in [0.25, 0.3) is 0 Å². The SMILES string of the molecule is CCOC(=O)c1cc(Br)c(Br)c(Br)c1Br. The van der Waals surface area contributed by atoms with Crippen LogP contribution in [-0.4, -0.2) is 12.6 Å². The predicted octanol–water partition coefficient (Wildman–Crippen LogP) is 4.91. The average Bonchev–Trinajstić information content (AvgIpc) is 2.20. The zero-order valence-electron chi connectivity index (χ0n) is 7.61. The Hall–Kier alpha value is 0.610. The molecule has 1 aromatic rings. The first-order valence-corrected chi connectivity index (χ1v) is 7.16. The Morgan fingerprint density at radius 1 is 1.20 bits per heavy atom. The van der Waals surface area contributed by atoms with Gasteiger partial charge in [0.05, 0.1) is 12.2 Å². The van der Waals surface area contributed by atoms with Crippen molar-refractivity contribution in [3.63, 3.8) is 0 Å². The van der Waals surface area contributed by atoms with Crippen LogP contribution in [0.1, 0.15) is 17.3 Å². The van der Waals surface area contributed by atoms with Gasteiger partial charge in [-0.1, -0.05) is 0 Å². The number of carbonyl (C=O) groups excluding carboxylic acids is 1. The fourth-order valence-corrected chi connectivity index (χ4v) is 3.10. The lowest BCUT2D eigenvalue weighted by Gasteiger charge is -2.08. The topological polar surface area (TPSA) is 26.3 Å². The molecule has 2 nitrogen and oxygen atoms in total. The minimum absolute atomic E-state index is 0.349. The Morgan fingerprint density at radius 2 is 1.80 bits per heavy atom. The second-order valence-electron chi connectivity index (χ2n) is 2.57. The van der Waals surface area contributed by atoms with Crippen LogP contribution in [0, 0.1) is 0 Å². The molecule has 0 unspecified atom stereocenters. The first-order valence-electron chi connectivity index (χ1n) is 3.99. The second kappa shape index (κ2) is 5.80. The quantitative estimate of drug-likeness (QED) is 0.352. The predicted molar refractivity (Wildman–Crippen MR) is 73.2 cm³/mol. The fourth-order valence-electron chi connectivity index (χ4n) is 0.930. The van der Waals surface area contributed by atoms with E-state index >= 15 is 0 Å². The maximum absolute atomic E-state index is 11.6. The van der Waals surface area contributed by atoms with Crippen LogP contribution in [0.15, 0.2) is 24.0 Å². The van der Waals surface area contributed by atoms with Gasteiger partial charge in [-0.3, -0.25) is 0 Å². The van der Waals surface area contributed by atoms with Gasteiger partial charge in [0.2, 0.25) is 0 Å². The molecule has 0 atom stereocenters. The number of rotatable bonds is 2. The van der Waals surface area contributed by atoms with Gasteiger partial charge in [0, 0.05) is 17.9 Å². The van der Waals surface area contributed by atoms with Crippen LogP contribution in [0.5, 0.6) is 0 Å². The summed E-state index contributed by atoms with van der Waals surface area (Å²) in [5.74, 6) is -0.349. The molecule has 0 saturated carbocycles. The molecule has 0 bridgehead atoms. The van der Waals surface area contributed by atoms with Gasteiger partial charge in [-0.05, 0) is 76.7 Å². The van der Waals surface area contributed by atoms with Crippen LogP contribution < -0.4 is 0 Å². The smallest absolute Gasteiger partial charge is 0.339 e. The van der Waals surface area contributed by atoms with Crippen LogP contribution in [-0.2, 0) is 4.74 Å². The van der Waals surface area contributed by atoms with Crippen molar-refractivity contribution in [3.8, 4) is 0 Å². The maximum atomic E-state index is 11.6. The van der Waals surface area contributed by atoms with Gasteiger partial charge in [-0.25, -0.2) is 4.79 Å². The first kappa shape index (κ1) is 13.7. The molecule has 0 fully saturated rings. The van der Waals surface area contributed by atoms with Crippen LogP contribution in [0.4, 0.5) is 0 Å². The Kier molecular flexibility index (Phi) is 5.28. The molecule has 0 heterocycles. The zero-order chi connectivity index (χ0) is 11.6. The van der Waals surface area contributed by atoms with Gasteiger partial charge in [0.25, 0.3) is 0 Å². The summed E-state index contributed by atoms with van der Waals surface area (Å²) in [6, 6.07) is 1.71. The molecule has 0 aliphatic carbocycles. The Labute approximate surface area is 121 Å². The van der Waals surface area contributed by atoms with Gasteiger partial charge in [-0.2, -0.15) is 0 Å². The molecular formula is C9H6Br4O2. The van der Waals surface area contributed by atoms with Crippen molar-refractivity contribution in [2.75, 3.05) is 6.61 Å². The van der Waals surface area contributed by atoms with E-state index < -0.39 is 0 Å². The number of carbonyl (C=O) groups is 1. The van der Waals surface area contributed by atoms with Crippen molar-refractivity contribution in [2.45, 2.75) is 6.92 Å². The van der Waals surface area contributed by atoms with Crippen molar-refractivity contribution in [3.05, 3.63) is 29.5 Å². The van der Waals surface area contributed by atoms with Crippen LogP contribution in [0.3, 0.4) is 0 Å². The van der Waals surface area contributed by atoms with Gasteiger partial charge >= 0.3 is 5.97 Å². The Balaban J connectivity index is 3.26. The second-order valence-corrected chi connectivity index (χ2v) is 5.80. The lowest BCUT2D eigenvalue weighted by molar-refractivity contribution is 0.0525. The summed E-state index contributed by atoms with van der Waals surface area (Å²) in [6.45, 7) is 2.13. The average molecular weight is 466 g/mol. The molecule has 0 aliphatic heterocycles. The summed E-state index contributed by atoms with van der Waals surface area (Å²) < 4.78 is 8.03. The third-order valence-electron chi connectivity index (χ3n) is 1.60. The van der Waals surface area contributed by atoms with E-state index in [1.807, 2.05) is 0 Å². The highest BCUT2D eigenvalue weighted by Crippen LogP contribution is 2.39. The van der Waals surface area contributed by atoms with Gasteiger partial charge < -0.3 is 4.74 Å². The highest BCUT2D eigenvalue weighted by Gasteiger charge is 2.17. The van der Waals surface area contributed by atoms with Crippen molar-refractivity contribution in [2.24, 2.45) is 0 Å². The molecule has 6 heteroatoms. The van der Waals surface area contributed by atoms with E-state index in [1.165, 1.54) is 0 Å².